The zero-order valence-electron chi connectivity index (χ0n) is 29.7. The number of rotatable bonds is 9. The normalized spacial score (nSPS) is 19.5. The maximum absolute atomic E-state index is 13.8. The van der Waals surface area contributed by atoms with Crippen LogP contribution in [-0.4, -0.2) is 50.5 Å². The molecule has 0 aromatic heterocycles. The summed E-state index contributed by atoms with van der Waals surface area (Å²) in [5.74, 6) is 1.58. The average molecular weight is 707 g/mol. The molecule has 266 valence electrons. The van der Waals surface area contributed by atoms with Gasteiger partial charge in [-0.2, -0.15) is 0 Å². The Balaban J connectivity index is 0.965. The van der Waals surface area contributed by atoms with Crippen LogP contribution >= 0.6 is 0 Å². The van der Waals surface area contributed by atoms with E-state index in [9.17, 15) is 9.59 Å². The summed E-state index contributed by atoms with van der Waals surface area (Å²) in [7, 11) is 3.13. The Morgan fingerprint density at radius 1 is 0.792 bits per heavy atom. The number of carbonyl (C=O) groups is 2. The highest BCUT2D eigenvalue weighted by atomic mass is 16.5. The van der Waals surface area contributed by atoms with Crippen LogP contribution in [0.1, 0.15) is 39.5 Å². The van der Waals surface area contributed by atoms with E-state index in [1.165, 1.54) is 0 Å². The molecule has 0 bridgehead atoms. The third-order valence-electron chi connectivity index (χ3n) is 10.0. The van der Waals surface area contributed by atoms with Crippen LogP contribution in [0.5, 0.6) is 11.5 Å². The summed E-state index contributed by atoms with van der Waals surface area (Å²) in [6.45, 7) is 6.37. The number of fused-ring (bicyclic) bond motifs is 7. The number of benzene rings is 4. The molecular formula is C43H38N4O6. The van der Waals surface area contributed by atoms with E-state index in [4.69, 9.17) is 23.9 Å². The fourth-order valence-electron chi connectivity index (χ4n) is 7.21. The van der Waals surface area contributed by atoms with Gasteiger partial charge in [0.25, 0.3) is 11.8 Å². The van der Waals surface area contributed by atoms with E-state index in [0.717, 1.165) is 40.0 Å². The van der Waals surface area contributed by atoms with E-state index >= 15 is 0 Å². The van der Waals surface area contributed by atoms with E-state index in [-0.39, 0.29) is 42.7 Å². The van der Waals surface area contributed by atoms with Crippen molar-refractivity contribution in [3.05, 3.63) is 148 Å². The number of carbonyl (C=O) groups excluding carboxylic acids is 2. The van der Waals surface area contributed by atoms with Crippen LogP contribution in [0.4, 0.5) is 17.1 Å². The molecule has 0 spiro atoms. The first-order valence-electron chi connectivity index (χ1n) is 17.5. The number of hydrogen-bond acceptors (Lipinski definition) is 8. The molecule has 4 aromatic carbocycles. The molecule has 0 saturated carbocycles. The van der Waals surface area contributed by atoms with Gasteiger partial charge in [-0.1, -0.05) is 61.2 Å². The van der Waals surface area contributed by atoms with Gasteiger partial charge in [-0.15, -0.1) is 0 Å². The Morgan fingerprint density at radius 3 is 2.11 bits per heavy atom. The van der Waals surface area contributed by atoms with Crippen molar-refractivity contribution in [3.63, 3.8) is 0 Å². The van der Waals surface area contributed by atoms with Crippen LogP contribution in [-0.2, 0) is 40.3 Å². The summed E-state index contributed by atoms with van der Waals surface area (Å²) >= 11 is 0. The van der Waals surface area contributed by atoms with Crippen molar-refractivity contribution in [2.75, 3.05) is 24.0 Å². The number of nitrogens with zero attached hydrogens (tertiary/aromatic N) is 4. The lowest BCUT2D eigenvalue weighted by atomic mass is 10.1. The monoisotopic (exact) mass is 706 g/mol. The quantitative estimate of drug-likeness (QED) is 0.133. The van der Waals surface area contributed by atoms with Gasteiger partial charge >= 0.3 is 0 Å². The van der Waals surface area contributed by atoms with Gasteiger partial charge in [0.1, 0.15) is 19.0 Å². The molecule has 10 nitrogen and oxygen atoms in total. The minimum Gasteiger partial charge on any atom is -0.498 e. The molecule has 8 rings (SSSR count). The molecule has 10 heteroatoms. The summed E-state index contributed by atoms with van der Waals surface area (Å²) < 4.78 is 23.8. The molecule has 4 heterocycles. The van der Waals surface area contributed by atoms with E-state index in [2.05, 4.69) is 11.6 Å². The lowest BCUT2D eigenvalue weighted by Crippen LogP contribution is -2.38. The number of para-hydroxylation sites is 2. The van der Waals surface area contributed by atoms with Gasteiger partial charge in [-0.05, 0) is 53.4 Å². The maximum atomic E-state index is 13.8. The molecule has 0 radical (unpaired) electrons. The molecule has 0 unspecified atom stereocenters. The highest BCUT2D eigenvalue weighted by molar-refractivity contribution is 6.15. The van der Waals surface area contributed by atoms with Crippen LogP contribution in [0.15, 0.2) is 130 Å². The first-order chi connectivity index (χ1) is 25.8. The summed E-state index contributed by atoms with van der Waals surface area (Å²) in [5, 5.41) is 0. The molecule has 4 aromatic rings. The first kappa shape index (κ1) is 33.7. The molecule has 0 fully saturated rings. The fraction of sp³-hybridized carbons (Fsp3) is 0.209. The van der Waals surface area contributed by atoms with E-state index < -0.39 is 0 Å². The van der Waals surface area contributed by atoms with Gasteiger partial charge < -0.3 is 18.9 Å². The van der Waals surface area contributed by atoms with Gasteiger partial charge in [-0.3, -0.25) is 29.4 Å². The van der Waals surface area contributed by atoms with Crippen LogP contribution in [0.2, 0.25) is 0 Å². The number of anilines is 2. The number of methoxy groups -OCH3 is 2. The van der Waals surface area contributed by atoms with Crippen molar-refractivity contribution in [2.24, 2.45) is 9.98 Å². The predicted molar refractivity (Wildman–Crippen MR) is 204 cm³/mol. The second-order valence-corrected chi connectivity index (χ2v) is 13.3. The molecule has 0 N–H and O–H groups in total. The third-order valence-corrected chi connectivity index (χ3v) is 10.0. The summed E-state index contributed by atoms with van der Waals surface area (Å²) in [6.07, 6.45) is 6.76. The molecule has 53 heavy (non-hydrogen) atoms. The van der Waals surface area contributed by atoms with E-state index in [1.807, 2.05) is 83.9 Å². The van der Waals surface area contributed by atoms with Crippen molar-refractivity contribution in [2.45, 2.75) is 45.1 Å². The second-order valence-electron chi connectivity index (χ2n) is 13.3. The lowest BCUT2D eigenvalue weighted by Gasteiger charge is -2.22. The number of amides is 2. The number of allylic oxidation sites excluding steroid dienone is 2. The topological polar surface area (TPSA) is 102 Å². The third kappa shape index (κ3) is 6.26. The number of hydrogen-bond donors (Lipinski definition) is 0. The second kappa shape index (κ2) is 14.0. The Morgan fingerprint density at radius 2 is 1.43 bits per heavy atom. The van der Waals surface area contributed by atoms with E-state index in [1.54, 1.807) is 50.5 Å². The Bertz CT molecular complexity index is 2290. The molecule has 4 aliphatic rings. The van der Waals surface area contributed by atoms with Crippen LogP contribution < -0.4 is 19.3 Å². The Kier molecular flexibility index (Phi) is 8.87. The van der Waals surface area contributed by atoms with Gasteiger partial charge in [0.05, 0.1) is 48.8 Å². The number of ether oxygens (including phenoxy) is 4. The van der Waals surface area contributed by atoms with Gasteiger partial charge in [0.2, 0.25) is 0 Å². The van der Waals surface area contributed by atoms with Gasteiger partial charge in [0, 0.05) is 48.8 Å². The summed E-state index contributed by atoms with van der Waals surface area (Å²) in [5.41, 5.74) is 7.52. The standard InChI is InChI=1S/C43H38N4O6/c1-26-35(44-22-32-17-30-12-5-7-14-37(30)46(32)42(26)48)20-39(27(2)50-3)52-24-28-10-9-11-29(16-28)25-53-41-21-36-34(19-40(41)51-4)43(49)47-33(23-45-36)18-31-13-6-8-15-38(31)47/h5-16,19-23,32-33H,1,17-18,24-25H2,2-4H3/b35-20+,39-27-/t32-,33-/m0/s1. The lowest BCUT2D eigenvalue weighted by molar-refractivity contribution is -0.114. The molecule has 4 aliphatic heterocycles. The predicted octanol–water partition coefficient (Wildman–Crippen LogP) is 7.44. The van der Waals surface area contributed by atoms with Crippen molar-refractivity contribution >= 4 is 41.3 Å². The van der Waals surface area contributed by atoms with Crippen molar-refractivity contribution < 1.29 is 28.5 Å². The molecule has 2 amide bonds. The molecule has 2 atom stereocenters. The number of aliphatic imine (C=N–C) groups is 2. The van der Waals surface area contributed by atoms with Crippen molar-refractivity contribution in [1.82, 2.24) is 0 Å². The molecule has 0 saturated heterocycles. The zero-order valence-corrected chi connectivity index (χ0v) is 29.7. The van der Waals surface area contributed by atoms with Gasteiger partial charge in [-0.25, -0.2) is 0 Å². The molecular weight excluding hydrogens is 668 g/mol. The van der Waals surface area contributed by atoms with Crippen molar-refractivity contribution in [3.8, 4) is 11.5 Å². The van der Waals surface area contributed by atoms with Crippen LogP contribution in [0.25, 0.3) is 0 Å². The Labute approximate surface area is 308 Å². The summed E-state index contributed by atoms with van der Waals surface area (Å²) in [4.78, 5) is 40.3. The highest BCUT2D eigenvalue weighted by Gasteiger charge is 2.38. The maximum Gasteiger partial charge on any atom is 0.261 e. The Hall–Kier alpha value is -6.42. The van der Waals surface area contributed by atoms with Crippen molar-refractivity contribution in [1.29, 1.82) is 0 Å². The smallest absolute Gasteiger partial charge is 0.261 e. The van der Waals surface area contributed by atoms with Crippen LogP contribution in [0.3, 0.4) is 0 Å². The fourth-order valence-corrected chi connectivity index (χ4v) is 7.21. The summed E-state index contributed by atoms with van der Waals surface area (Å²) in [6, 6.07) is 26.9. The van der Waals surface area contributed by atoms with Gasteiger partial charge in [0.15, 0.2) is 17.3 Å². The minimum atomic E-state index is -0.193. The largest absolute Gasteiger partial charge is 0.498 e. The molecule has 0 aliphatic carbocycles. The first-order valence-corrected chi connectivity index (χ1v) is 17.5. The highest BCUT2D eigenvalue weighted by Crippen LogP contribution is 2.41. The van der Waals surface area contributed by atoms with Crippen LogP contribution in [0, 0.1) is 0 Å². The minimum absolute atomic E-state index is 0.120. The van der Waals surface area contributed by atoms with E-state index in [0.29, 0.717) is 46.4 Å². The zero-order chi connectivity index (χ0) is 36.6. The SMILES string of the molecule is C=C1C(=O)N2c3ccccc3C[C@H]2C=N/C1=C/C(OCc1cccc(COc2cc3c(cc2OC)C(=O)N2c4ccccc4C[C@H]2C=N3)c1)=C(\C)OC. The average Bonchev–Trinajstić information content (AvgIpc) is 3.68.